The zero-order chi connectivity index (χ0) is 19.6. The summed E-state index contributed by atoms with van der Waals surface area (Å²) in [6, 6.07) is 31.2. The molecule has 138 valence electrons. The first-order valence-corrected chi connectivity index (χ1v) is 9.53. The maximum absolute atomic E-state index is 4.26. The van der Waals surface area contributed by atoms with Gasteiger partial charge in [0.25, 0.3) is 0 Å². The molecule has 4 aromatic rings. The van der Waals surface area contributed by atoms with Gasteiger partial charge in [0, 0.05) is 18.3 Å². The minimum absolute atomic E-state index is 0.299. The van der Waals surface area contributed by atoms with Gasteiger partial charge in [-0.25, -0.2) is 4.98 Å². The van der Waals surface area contributed by atoms with E-state index in [0.29, 0.717) is 6.71 Å². The molecule has 2 nitrogen and oxygen atoms in total. The molecule has 0 aliphatic heterocycles. The van der Waals surface area contributed by atoms with E-state index in [4.69, 9.17) is 0 Å². The number of H-pyrrole nitrogens is 1. The highest BCUT2D eigenvalue weighted by Crippen LogP contribution is 2.05. The lowest BCUT2D eigenvalue weighted by molar-refractivity contribution is 1.02. The zero-order valence-electron chi connectivity index (χ0n) is 16.3. The lowest BCUT2D eigenvalue weighted by Crippen LogP contribution is -2.40. The Labute approximate surface area is 168 Å². The summed E-state index contributed by atoms with van der Waals surface area (Å²) in [4.78, 5) is 7.47. The van der Waals surface area contributed by atoms with Crippen molar-refractivity contribution >= 4 is 17.6 Å². The Hall–Kier alpha value is -3.33. The van der Waals surface area contributed by atoms with Crippen molar-refractivity contribution in [2.24, 2.45) is 0 Å². The van der Waals surface area contributed by atoms with Crippen LogP contribution >= 0.6 is 0 Å². The molecule has 3 heteroatoms. The molecule has 1 heterocycles. The summed E-state index contributed by atoms with van der Waals surface area (Å²) >= 11 is 0. The maximum Gasteiger partial charge on any atom is 0.233 e. The second-order valence-corrected chi connectivity index (χ2v) is 6.71. The first-order valence-electron chi connectivity index (χ1n) is 9.53. The third-order valence-corrected chi connectivity index (χ3v) is 4.52. The standard InChI is InChI=1S/C14H13B.C11H12N2/c1-2-15(13-9-5-3-6-10-13)14-11-7-4-8-12-14;1-9-8-12-11(13-9)7-10-5-3-2-4-6-10/h2-12H,1H2;2-6,8H,7H2,1H3,(H,12,13). The predicted molar refractivity (Wildman–Crippen MR) is 121 cm³/mol. The van der Waals surface area contributed by atoms with E-state index in [9.17, 15) is 0 Å². The topological polar surface area (TPSA) is 28.7 Å². The van der Waals surface area contributed by atoms with Gasteiger partial charge < -0.3 is 4.98 Å². The van der Waals surface area contributed by atoms with Gasteiger partial charge in [0.1, 0.15) is 5.82 Å². The van der Waals surface area contributed by atoms with Crippen LogP contribution in [0.4, 0.5) is 0 Å². The summed E-state index contributed by atoms with van der Waals surface area (Å²) in [5.41, 5.74) is 4.99. The highest BCUT2D eigenvalue weighted by molar-refractivity contribution is 6.89. The van der Waals surface area contributed by atoms with Crippen molar-refractivity contribution < 1.29 is 0 Å². The van der Waals surface area contributed by atoms with Gasteiger partial charge in [-0.2, -0.15) is 0 Å². The largest absolute Gasteiger partial charge is 0.346 e. The second kappa shape index (κ2) is 10.1. The van der Waals surface area contributed by atoms with Crippen molar-refractivity contribution in [3.8, 4) is 0 Å². The monoisotopic (exact) mass is 364 g/mol. The normalized spacial score (nSPS) is 9.89. The number of aromatic nitrogens is 2. The minimum atomic E-state index is 0.299. The molecule has 0 spiro atoms. The molecule has 0 radical (unpaired) electrons. The predicted octanol–water partition coefficient (Wildman–Crippen LogP) is 4.33. The van der Waals surface area contributed by atoms with Crippen LogP contribution < -0.4 is 10.9 Å². The third kappa shape index (κ3) is 5.58. The lowest BCUT2D eigenvalue weighted by atomic mass is 9.41. The first-order chi connectivity index (χ1) is 13.8. The number of hydrogen-bond donors (Lipinski definition) is 1. The van der Waals surface area contributed by atoms with E-state index in [1.165, 1.54) is 16.5 Å². The fourth-order valence-corrected chi connectivity index (χ4v) is 3.13. The molecule has 3 aromatic carbocycles. The molecule has 1 N–H and O–H groups in total. The molecular weight excluding hydrogens is 339 g/mol. The fraction of sp³-hybridized carbons (Fsp3) is 0.0800. The van der Waals surface area contributed by atoms with E-state index >= 15 is 0 Å². The van der Waals surface area contributed by atoms with Crippen molar-refractivity contribution in [2.45, 2.75) is 13.3 Å². The number of imidazole rings is 1. The second-order valence-electron chi connectivity index (χ2n) is 6.71. The Kier molecular flexibility index (Phi) is 7.03. The van der Waals surface area contributed by atoms with Crippen LogP contribution in [0.3, 0.4) is 0 Å². The van der Waals surface area contributed by atoms with Gasteiger partial charge in [-0.3, -0.25) is 0 Å². The van der Waals surface area contributed by atoms with Crippen LogP contribution in [-0.4, -0.2) is 16.7 Å². The summed E-state index contributed by atoms with van der Waals surface area (Å²) in [5.74, 6) is 3.02. The Morgan fingerprint density at radius 2 is 1.32 bits per heavy atom. The summed E-state index contributed by atoms with van der Waals surface area (Å²) in [6.45, 7) is 6.23. The molecule has 0 bridgehead atoms. The summed E-state index contributed by atoms with van der Waals surface area (Å²) in [7, 11) is 0. The van der Waals surface area contributed by atoms with Gasteiger partial charge >= 0.3 is 0 Å². The quantitative estimate of drug-likeness (QED) is 0.525. The Bertz CT molecular complexity index is 924. The van der Waals surface area contributed by atoms with Crippen LogP contribution in [0.25, 0.3) is 0 Å². The molecule has 0 atom stereocenters. The van der Waals surface area contributed by atoms with Gasteiger partial charge in [0.05, 0.1) is 0 Å². The van der Waals surface area contributed by atoms with Crippen LogP contribution in [-0.2, 0) is 6.42 Å². The third-order valence-electron chi connectivity index (χ3n) is 4.52. The number of hydrogen-bond acceptors (Lipinski definition) is 1. The number of nitrogens with zero attached hydrogens (tertiary/aromatic N) is 1. The molecule has 0 saturated carbocycles. The molecule has 0 unspecified atom stereocenters. The fourth-order valence-electron chi connectivity index (χ4n) is 3.13. The number of aromatic amines is 1. The van der Waals surface area contributed by atoms with E-state index in [2.05, 4.69) is 77.2 Å². The van der Waals surface area contributed by atoms with Crippen molar-refractivity contribution in [1.29, 1.82) is 0 Å². The molecule has 0 amide bonds. The number of nitrogens with one attached hydrogen (secondary N) is 1. The maximum atomic E-state index is 4.26. The molecule has 28 heavy (non-hydrogen) atoms. The number of benzene rings is 3. The molecule has 0 saturated heterocycles. The van der Waals surface area contributed by atoms with E-state index in [0.717, 1.165) is 17.9 Å². The van der Waals surface area contributed by atoms with Gasteiger partial charge in [0.15, 0.2) is 0 Å². The smallest absolute Gasteiger partial charge is 0.233 e. The average Bonchev–Trinajstić information content (AvgIpc) is 3.16. The van der Waals surface area contributed by atoms with Crippen LogP contribution in [0.1, 0.15) is 17.1 Å². The van der Waals surface area contributed by atoms with Gasteiger partial charge in [-0.15, -0.1) is 12.6 Å². The number of rotatable bonds is 5. The number of aryl methyl sites for hydroxylation is 1. The average molecular weight is 364 g/mol. The van der Waals surface area contributed by atoms with E-state index in [-0.39, 0.29) is 0 Å². The zero-order valence-corrected chi connectivity index (χ0v) is 16.3. The molecule has 0 aliphatic carbocycles. The van der Waals surface area contributed by atoms with Gasteiger partial charge in [0.2, 0.25) is 6.71 Å². The molecule has 0 aliphatic rings. The van der Waals surface area contributed by atoms with E-state index in [1.807, 2.05) is 49.4 Å². The van der Waals surface area contributed by atoms with E-state index < -0.39 is 0 Å². The van der Waals surface area contributed by atoms with Gasteiger partial charge in [-0.05, 0) is 12.5 Å². The van der Waals surface area contributed by atoms with Gasteiger partial charge in [-0.1, -0.05) is 102 Å². The molecule has 0 fully saturated rings. The Morgan fingerprint density at radius 3 is 1.75 bits per heavy atom. The van der Waals surface area contributed by atoms with Crippen molar-refractivity contribution in [2.75, 3.05) is 0 Å². The summed E-state index contributed by atoms with van der Waals surface area (Å²) in [5, 5.41) is 0. The summed E-state index contributed by atoms with van der Waals surface area (Å²) in [6.07, 6.45) is 2.74. The van der Waals surface area contributed by atoms with E-state index in [1.54, 1.807) is 0 Å². The highest BCUT2D eigenvalue weighted by atomic mass is 14.9. The Balaban J connectivity index is 0.000000162. The SMILES string of the molecule is C=CB(c1ccccc1)c1ccccc1.Cc1cnc(Cc2ccccc2)[nH]1. The Morgan fingerprint density at radius 1 is 0.821 bits per heavy atom. The van der Waals surface area contributed by atoms with Crippen molar-refractivity contribution in [3.05, 3.63) is 127 Å². The first kappa shape index (κ1) is 19.4. The summed E-state index contributed by atoms with van der Waals surface area (Å²) < 4.78 is 0. The molecular formula is C25H25BN2. The molecule has 1 aromatic heterocycles. The van der Waals surface area contributed by atoms with Crippen molar-refractivity contribution in [3.63, 3.8) is 0 Å². The molecule has 4 rings (SSSR count). The van der Waals surface area contributed by atoms with Crippen LogP contribution in [0.2, 0.25) is 0 Å². The van der Waals surface area contributed by atoms with Crippen LogP contribution in [0, 0.1) is 6.92 Å². The van der Waals surface area contributed by atoms with Crippen molar-refractivity contribution in [1.82, 2.24) is 9.97 Å². The lowest BCUT2D eigenvalue weighted by Gasteiger charge is -2.09. The van der Waals surface area contributed by atoms with Crippen LogP contribution in [0.5, 0.6) is 0 Å². The minimum Gasteiger partial charge on any atom is -0.346 e. The highest BCUT2D eigenvalue weighted by Gasteiger charge is 2.13. The van der Waals surface area contributed by atoms with Crippen LogP contribution in [0.15, 0.2) is 110 Å².